The Kier molecular flexibility index (Phi) is 3.52. The summed E-state index contributed by atoms with van der Waals surface area (Å²) in [6.45, 7) is 3.66. The minimum atomic E-state index is -0.504. The van der Waals surface area contributed by atoms with Crippen molar-refractivity contribution in [1.29, 1.82) is 0 Å². The molecule has 20 heavy (non-hydrogen) atoms. The van der Waals surface area contributed by atoms with Gasteiger partial charge in [0, 0.05) is 11.4 Å². The standard InChI is InChI=1S/C15H16N2O3/c1-8-6-7-11(16)9(2)13(8)17-15(20)10-4-3-5-12(18)14(10)19/h3-7,18-19H,16H2,1-2H3,(H,17,20). The minimum absolute atomic E-state index is 0.00576. The number of rotatable bonds is 2. The first-order valence-corrected chi connectivity index (χ1v) is 6.09. The van der Waals surface area contributed by atoms with Gasteiger partial charge in [-0.2, -0.15) is 0 Å². The highest BCUT2D eigenvalue weighted by Gasteiger charge is 2.16. The first-order chi connectivity index (χ1) is 9.41. The van der Waals surface area contributed by atoms with Crippen LogP contribution in [-0.4, -0.2) is 16.1 Å². The Bertz CT molecular complexity index is 681. The largest absolute Gasteiger partial charge is 0.504 e. The normalized spacial score (nSPS) is 10.3. The smallest absolute Gasteiger partial charge is 0.259 e. The van der Waals surface area contributed by atoms with Crippen molar-refractivity contribution in [3.8, 4) is 11.5 Å². The van der Waals surface area contributed by atoms with Crippen LogP contribution >= 0.6 is 0 Å². The van der Waals surface area contributed by atoms with Crippen LogP contribution in [0.4, 0.5) is 11.4 Å². The number of phenolic OH excluding ortho intramolecular Hbond substituents is 2. The Morgan fingerprint density at radius 3 is 2.55 bits per heavy atom. The molecule has 5 heteroatoms. The van der Waals surface area contributed by atoms with Gasteiger partial charge in [-0.15, -0.1) is 0 Å². The molecule has 0 saturated heterocycles. The van der Waals surface area contributed by atoms with Crippen LogP contribution in [0.1, 0.15) is 21.5 Å². The molecule has 5 N–H and O–H groups in total. The van der Waals surface area contributed by atoms with Crippen molar-refractivity contribution >= 4 is 17.3 Å². The van der Waals surface area contributed by atoms with Crippen LogP contribution in [-0.2, 0) is 0 Å². The molecule has 0 aromatic heterocycles. The zero-order valence-electron chi connectivity index (χ0n) is 11.3. The zero-order chi connectivity index (χ0) is 14.9. The lowest BCUT2D eigenvalue weighted by Crippen LogP contribution is -2.14. The first-order valence-electron chi connectivity index (χ1n) is 6.09. The number of nitrogen functional groups attached to an aromatic ring is 1. The van der Waals surface area contributed by atoms with E-state index in [0.717, 1.165) is 11.1 Å². The van der Waals surface area contributed by atoms with E-state index < -0.39 is 11.7 Å². The molecule has 1 amide bonds. The van der Waals surface area contributed by atoms with Crippen LogP contribution in [0.2, 0.25) is 0 Å². The van der Waals surface area contributed by atoms with Crippen LogP contribution in [0.25, 0.3) is 0 Å². The molecule has 0 aliphatic carbocycles. The van der Waals surface area contributed by atoms with E-state index in [0.29, 0.717) is 11.4 Å². The lowest BCUT2D eigenvalue weighted by atomic mass is 10.1. The van der Waals surface area contributed by atoms with Gasteiger partial charge < -0.3 is 21.3 Å². The van der Waals surface area contributed by atoms with Gasteiger partial charge in [0.05, 0.1) is 5.56 Å². The van der Waals surface area contributed by atoms with Gasteiger partial charge in [0.2, 0.25) is 0 Å². The lowest BCUT2D eigenvalue weighted by molar-refractivity contribution is 0.102. The van der Waals surface area contributed by atoms with E-state index in [4.69, 9.17) is 5.73 Å². The van der Waals surface area contributed by atoms with E-state index in [1.165, 1.54) is 18.2 Å². The summed E-state index contributed by atoms with van der Waals surface area (Å²) in [6, 6.07) is 7.81. The van der Waals surface area contributed by atoms with E-state index in [2.05, 4.69) is 5.32 Å². The predicted octanol–water partition coefficient (Wildman–Crippen LogP) is 2.55. The molecule has 2 rings (SSSR count). The quantitative estimate of drug-likeness (QED) is 0.499. The summed E-state index contributed by atoms with van der Waals surface area (Å²) in [5.41, 5.74) is 8.63. The molecule has 0 aliphatic rings. The van der Waals surface area contributed by atoms with E-state index in [1.807, 2.05) is 6.92 Å². The van der Waals surface area contributed by atoms with Crippen molar-refractivity contribution < 1.29 is 15.0 Å². The molecule has 0 bridgehead atoms. The SMILES string of the molecule is Cc1ccc(N)c(C)c1NC(=O)c1cccc(O)c1O. The summed E-state index contributed by atoms with van der Waals surface area (Å²) in [7, 11) is 0. The average Bonchev–Trinajstić information content (AvgIpc) is 2.42. The number of nitrogens with one attached hydrogen (secondary N) is 1. The molecule has 0 saturated carbocycles. The maximum Gasteiger partial charge on any atom is 0.259 e. The molecule has 104 valence electrons. The van der Waals surface area contributed by atoms with Gasteiger partial charge in [-0.1, -0.05) is 12.1 Å². The Morgan fingerprint density at radius 2 is 1.85 bits per heavy atom. The third-order valence-corrected chi connectivity index (χ3v) is 3.21. The number of para-hydroxylation sites is 1. The van der Waals surface area contributed by atoms with Gasteiger partial charge >= 0.3 is 0 Å². The second-order valence-corrected chi connectivity index (χ2v) is 4.60. The number of aryl methyl sites for hydroxylation is 1. The predicted molar refractivity (Wildman–Crippen MR) is 78.1 cm³/mol. The highest BCUT2D eigenvalue weighted by atomic mass is 16.3. The maximum absolute atomic E-state index is 12.2. The van der Waals surface area contributed by atoms with E-state index in [-0.39, 0.29) is 11.3 Å². The van der Waals surface area contributed by atoms with Crippen LogP contribution in [0.3, 0.4) is 0 Å². The molecular weight excluding hydrogens is 256 g/mol. The van der Waals surface area contributed by atoms with Gasteiger partial charge in [0.1, 0.15) is 0 Å². The molecule has 0 unspecified atom stereocenters. The Balaban J connectivity index is 2.38. The van der Waals surface area contributed by atoms with Crippen molar-refractivity contribution in [1.82, 2.24) is 0 Å². The molecule has 0 atom stereocenters. The second kappa shape index (κ2) is 5.13. The van der Waals surface area contributed by atoms with Crippen molar-refractivity contribution in [2.75, 3.05) is 11.1 Å². The van der Waals surface area contributed by atoms with Crippen LogP contribution < -0.4 is 11.1 Å². The van der Waals surface area contributed by atoms with E-state index in [1.54, 1.807) is 19.1 Å². The van der Waals surface area contributed by atoms with Gasteiger partial charge in [0.25, 0.3) is 5.91 Å². The third-order valence-electron chi connectivity index (χ3n) is 3.21. The fourth-order valence-corrected chi connectivity index (χ4v) is 1.95. The van der Waals surface area contributed by atoms with Crippen molar-refractivity contribution in [3.63, 3.8) is 0 Å². The fourth-order valence-electron chi connectivity index (χ4n) is 1.95. The Morgan fingerprint density at radius 1 is 1.15 bits per heavy atom. The van der Waals surface area contributed by atoms with Gasteiger partial charge in [0.15, 0.2) is 11.5 Å². The molecule has 0 radical (unpaired) electrons. The molecule has 0 fully saturated rings. The number of amides is 1. The summed E-state index contributed by atoms with van der Waals surface area (Å²) in [5, 5.41) is 21.8. The second-order valence-electron chi connectivity index (χ2n) is 4.60. The first kappa shape index (κ1) is 13.7. The number of phenols is 2. The highest BCUT2D eigenvalue weighted by molar-refractivity contribution is 6.07. The summed E-state index contributed by atoms with van der Waals surface area (Å²) < 4.78 is 0. The lowest BCUT2D eigenvalue weighted by Gasteiger charge is -2.14. The number of carbonyl (C=O) groups excluding carboxylic acids is 1. The molecule has 0 heterocycles. The molecule has 0 aliphatic heterocycles. The number of benzene rings is 2. The van der Waals surface area contributed by atoms with Crippen LogP contribution in [0, 0.1) is 13.8 Å². The average molecular weight is 272 g/mol. The highest BCUT2D eigenvalue weighted by Crippen LogP contribution is 2.30. The molecule has 2 aromatic carbocycles. The summed E-state index contributed by atoms with van der Waals surface area (Å²) in [5.74, 6) is -1.28. The summed E-state index contributed by atoms with van der Waals surface area (Å²) >= 11 is 0. The molecule has 0 spiro atoms. The van der Waals surface area contributed by atoms with Crippen molar-refractivity contribution in [3.05, 3.63) is 47.0 Å². The van der Waals surface area contributed by atoms with Crippen molar-refractivity contribution in [2.45, 2.75) is 13.8 Å². The third kappa shape index (κ3) is 2.38. The number of carbonyl (C=O) groups is 1. The Hall–Kier alpha value is -2.69. The zero-order valence-corrected chi connectivity index (χ0v) is 11.3. The van der Waals surface area contributed by atoms with Gasteiger partial charge in [-0.3, -0.25) is 4.79 Å². The van der Waals surface area contributed by atoms with Crippen molar-refractivity contribution in [2.24, 2.45) is 0 Å². The van der Waals surface area contributed by atoms with E-state index >= 15 is 0 Å². The topological polar surface area (TPSA) is 95.6 Å². The summed E-state index contributed by atoms with van der Waals surface area (Å²) in [4.78, 5) is 12.2. The van der Waals surface area contributed by atoms with E-state index in [9.17, 15) is 15.0 Å². The molecule has 2 aromatic rings. The number of aromatic hydroxyl groups is 2. The summed E-state index contributed by atoms with van der Waals surface area (Å²) in [6.07, 6.45) is 0. The maximum atomic E-state index is 12.2. The number of nitrogens with two attached hydrogens (primary N) is 1. The number of hydrogen-bond acceptors (Lipinski definition) is 4. The van der Waals surface area contributed by atoms with Gasteiger partial charge in [-0.05, 0) is 43.2 Å². The van der Waals surface area contributed by atoms with Crippen LogP contribution in [0.5, 0.6) is 11.5 Å². The number of anilines is 2. The fraction of sp³-hybridized carbons (Fsp3) is 0.133. The molecule has 5 nitrogen and oxygen atoms in total. The molecular formula is C15H16N2O3. The minimum Gasteiger partial charge on any atom is -0.504 e. The number of hydrogen-bond donors (Lipinski definition) is 4. The monoisotopic (exact) mass is 272 g/mol. The van der Waals surface area contributed by atoms with Gasteiger partial charge in [-0.25, -0.2) is 0 Å². The van der Waals surface area contributed by atoms with Crippen LogP contribution in [0.15, 0.2) is 30.3 Å². The Labute approximate surface area is 116 Å².